The quantitative estimate of drug-likeness (QED) is 0.851. The first-order chi connectivity index (χ1) is 10.1. The normalized spacial score (nSPS) is 21.2. The molecule has 21 heavy (non-hydrogen) atoms. The van der Waals surface area contributed by atoms with Crippen LogP contribution in [0.25, 0.3) is 0 Å². The van der Waals surface area contributed by atoms with Crippen LogP contribution in [0.15, 0.2) is 15.5 Å². The van der Waals surface area contributed by atoms with Gasteiger partial charge in [0.25, 0.3) is 5.56 Å². The molecular formula is C15H22BrN3O2. The van der Waals surface area contributed by atoms with E-state index in [4.69, 9.17) is 0 Å². The molecule has 1 heterocycles. The van der Waals surface area contributed by atoms with Crippen LogP contribution in [0.5, 0.6) is 0 Å². The van der Waals surface area contributed by atoms with Crippen molar-refractivity contribution in [3.05, 3.63) is 21.0 Å². The average molecular weight is 356 g/mol. The topological polar surface area (TPSA) is 67.2 Å². The minimum absolute atomic E-state index is 0.0872. The van der Waals surface area contributed by atoms with Crippen molar-refractivity contribution in [2.24, 2.45) is 5.92 Å². The number of hydrogen-bond donors (Lipinski definition) is 2. The molecule has 0 atom stereocenters. The number of nitrogens with one attached hydrogen (secondary N) is 1. The fourth-order valence-electron chi connectivity index (χ4n) is 3.06. The van der Waals surface area contributed by atoms with Crippen LogP contribution in [0.3, 0.4) is 0 Å². The van der Waals surface area contributed by atoms with E-state index in [1.807, 2.05) is 0 Å². The standard InChI is InChI=1S/C15H22BrN3O2/c16-13-12(18-15(10-20)6-2-1-3-7-15)8-17-19(14(13)21)9-11-4-5-11/h8,11,18,20H,1-7,9-10H2. The number of hydrogen-bond acceptors (Lipinski definition) is 4. The molecule has 5 nitrogen and oxygen atoms in total. The molecule has 0 amide bonds. The largest absolute Gasteiger partial charge is 0.394 e. The summed E-state index contributed by atoms with van der Waals surface area (Å²) in [7, 11) is 0. The number of aromatic nitrogens is 2. The molecule has 0 spiro atoms. The van der Waals surface area contributed by atoms with E-state index in [1.165, 1.54) is 19.3 Å². The SMILES string of the molecule is O=c1c(Br)c(NC2(CO)CCCCC2)cnn1CC1CC1. The van der Waals surface area contributed by atoms with Crippen LogP contribution in [0.4, 0.5) is 5.69 Å². The number of halogens is 1. The smallest absolute Gasteiger partial charge is 0.283 e. The molecule has 3 rings (SSSR count). The molecule has 2 fully saturated rings. The fourth-order valence-corrected chi connectivity index (χ4v) is 3.47. The van der Waals surface area contributed by atoms with Crippen LogP contribution in [-0.2, 0) is 6.54 Å². The maximum atomic E-state index is 12.3. The Labute approximate surface area is 132 Å². The third-order valence-corrected chi connectivity index (χ3v) is 5.39. The molecule has 0 aromatic carbocycles. The predicted molar refractivity (Wildman–Crippen MR) is 85.4 cm³/mol. The molecule has 2 saturated carbocycles. The van der Waals surface area contributed by atoms with Gasteiger partial charge in [-0.3, -0.25) is 4.79 Å². The van der Waals surface area contributed by atoms with Gasteiger partial charge in [-0.2, -0.15) is 5.10 Å². The lowest BCUT2D eigenvalue weighted by Crippen LogP contribution is -2.44. The van der Waals surface area contributed by atoms with Crippen molar-refractivity contribution in [2.75, 3.05) is 11.9 Å². The van der Waals surface area contributed by atoms with Crippen molar-refractivity contribution in [1.82, 2.24) is 9.78 Å². The Morgan fingerprint density at radius 1 is 1.38 bits per heavy atom. The van der Waals surface area contributed by atoms with E-state index >= 15 is 0 Å². The maximum Gasteiger partial charge on any atom is 0.283 e. The highest BCUT2D eigenvalue weighted by molar-refractivity contribution is 9.10. The van der Waals surface area contributed by atoms with Crippen molar-refractivity contribution in [3.63, 3.8) is 0 Å². The lowest BCUT2D eigenvalue weighted by molar-refractivity contribution is 0.172. The number of anilines is 1. The Morgan fingerprint density at radius 3 is 2.71 bits per heavy atom. The number of aliphatic hydroxyl groups excluding tert-OH is 1. The fraction of sp³-hybridized carbons (Fsp3) is 0.733. The molecule has 6 heteroatoms. The number of aliphatic hydroxyl groups is 1. The Bertz CT molecular complexity index is 563. The van der Waals surface area contributed by atoms with Crippen LogP contribution >= 0.6 is 15.9 Å². The summed E-state index contributed by atoms with van der Waals surface area (Å²) in [6.45, 7) is 0.799. The van der Waals surface area contributed by atoms with Crippen LogP contribution in [0, 0.1) is 5.92 Å². The summed E-state index contributed by atoms with van der Waals surface area (Å²) in [4.78, 5) is 12.3. The van der Waals surface area contributed by atoms with Crippen molar-refractivity contribution in [1.29, 1.82) is 0 Å². The summed E-state index contributed by atoms with van der Waals surface area (Å²) in [5.74, 6) is 0.614. The van der Waals surface area contributed by atoms with Crippen molar-refractivity contribution >= 4 is 21.6 Å². The van der Waals surface area contributed by atoms with E-state index in [0.717, 1.165) is 25.7 Å². The van der Waals surface area contributed by atoms with Crippen molar-refractivity contribution in [2.45, 2.75) is 57.0 Å². The van der Waals surface area contributed by atoms with Gasteiger partial charge in [-0.15, -0.1) is 0 Å². The zero-order valence-corrected chi connectivity index (χ0v) is 13.7. The molecule has 1 aromatic heterocycles. The first-order valence-electron chi connectivity index (χ1n) is 7.78. The van der Waals surface area contributed by atoms with E-state index < -0.39 is 0 Å². The molecular weight excluding hydrogens is 334 g/mol. The predicted octanol–water partition coefficient (Wildman–Crippen LogP) is 2.52. The molecule has 2 aliphatic carbocycles. The van der Waals surface area contributed by atoms with Crippen LogP contribution in [0.1, 0.15) is 44.9 Å². The third-order valence-electron chi connectivity index (χ3n) is 4.63. The van der Waals surface area contributed by atoms with E-state index in [2.05, 4.69) is 26.3 Å². The van der Waals surface area contributed by atoms with E-state index in [9.17, 15) is 9.90 Å². The van der Waals surface area contributed by atoms with Crippen LogP contribution in [-0.4, -0.2) is 27.0 Å². The molecule has 0 saturated heterocycles. The zero-order valence-electron chi connectivity index (χ0n) is 12.1. The molecule has 0 unspecified atom stereocenters. The lowest BCUT2D eigenvalue weighted by Gasteiger charge is -2.37. The Morgan fingerprint density at radius 2 is 2.10 bits per heavy atom. The first kappa shape index (κ1) is 15.0. The van der Waals surface area contributed by atoms with Gasteiger partial charge in [0.1, 0.15) is 4.47 Å². The summed E-state index contributed by atoms with van der Waals surface area (Å²) in [5, 5.41) is 17.4. The number of rotatable bonds is 5. The molecule has 2 aliphatic rings. The summed E-state index contributed by atoms with van der Waals surface area (Å²) < 4.78 is 2.07. The zero-order chi connectivity index (χ0) is 14.9. The van der Waals surface area contributed by atoms with Gasteiger partial charge >= 0.3 is 0 Å². The van der Waals surface area contributed by atoms with E-state index in [0.29, 0.717) is 22.6 Å². The second kappa shape index (κ2) is 6.08. The first-order valence-corrected chi connectivity index (χ1v) is 8.57. The van der Waals surface area contributed by atoms with Gasteiger partial charge in [-0.1, -0.05) is 19.3 Å². The van der Waals surface area contributed by atoms with Gasteiger partial charge in [-0.25, -0.2) is 4.68 Å². The second-order valence-corrected chi connectivity index (χ2v) is 7.22. The van der Waals surface area contributed by atoms with Gasteiger partial charge in [-0.05, 0) is 47.5 Å². The summed E-state index contributed by atoms with van der Waals surface area (Å²) >= 11 is 3.40. The van der Waals surface area contributed by atoms with Gasteiger partial charge in [0.2, 0.25) is 0 Å². The van der Waals surface area contributed by atoms with Gasteiger partial charge < -0.3 is 10.4 Å². The van der Waals surface area contributed by atoms with Gasteiger partial charge in [0.15, 0.2) is 0 Å². The number of nitrogens with zero attached hydrogens (tertiary/aromatic N) is 2. The van der Waals surface area contributed by atoms with Crippen LogP contribution in [0.2, 0.25) is 0 Å². The highest BCUT2D eigenvalue weighted by atomic mass is 79.9. The monoisotopic (exact) mass is 355 g/mol. The highest BCUT2D eigenvalue weighted by Crippen LogP contribution is 2.33. The summed E-state index contributed by atoms with van der Waals surface area (Å²) in [5.41, 5.74) is 0.302. The molecule has 2 N–H and O–H groups in total. The second-order valence-electron chi connectivity index (χ2n) is 6.43. The minimum atomic E-state index is -0.308. The highest BCUT2D eigenvalue weighted by Gasteiger charge is 2.32. The minimum Gasteiger partial charge on any atom is -0.394 e. The molecule has 0 bridgehead atoms. The molecule has 1 aromatic rings. The molecule has 116 valence electrons. The van der Waals surface area contributed by atoms with Gasteiger partial charge in [0, 0.05) is 6.54 Å². The Hall–Kier alpha value is -0.880. The third kappa shape index (κ3) is 3.31. The Balaban J connectivity index is 1.81. The van der Waals surface area contributed by atoms with Gasteiger partial charge in [0.05, 0.1) is 24.0 Å². The van der Waals surface area contributed by atoms with Crippen LogP contribution < -0.4 is 10.9 Å². The molecule has 0 aliphatic heterocycles. The maximum absolute atomic E-state index is 12.3. The van der Waals surface area contributed by atoms with Crippen molar-refractivity contribution in [3.8, 4) is 0 Å². The van der Waals surface area contributed by atoms with E-state index in [-0.39, 0.29) is 17.7 Å². The molecule has 0 radical (unpaired) electrons. The Kier molecular flexibility index (Phi) is 4.36. The summed E-state index contributed by atoms with van der Waals surface area (Å²) in [6, 6.07) is 0. The summed E-state index contributed by atoms with van der Waals surface area (Å²) in [6.07, 6.45) is 9.39. The van der Waals surface area contributed by atoms with E-state index in [1.54, 1.807) is 10.9 Å². The van der Waals surface area contributed by atoms with Crippen molar-refractivity contribution < 1.29 is 5.11 Å². The lowest BCUT2D eigenvalue weighted by atomic mass is 9.82. The average Bonchev–Trinajstić information content (AvgIpc) is 3.32.